The van der Waals surface area contributed by atoms with E-state index in [1.807, 2.05) is 97.9 Å². The van der Waals surface area contributed by atoms with Gasteiger partial charge in [-0.15, -0.1) is 10.2 Å². The molecule has 0 amide bonds. The monoisotopic (exact) mass is 439 g/mol. The van der Waals surface area contributed by atoms with Gasteiger partial charge in [-0.25, -0.2) is 0 Å². The van der Waals surface area contributed by atoms with E-state index in [2.05, 4.69) is 10.2 Å². The highest BCUT2D eigenvalue weighted by atomic mass is 32.1. The Labute approximate surface area is 189 Å². The number of benzene rings is 3. The fraction of sp³-hybridized carbons (Fsp3) is 0.115. The van der Waals surface area contributed by atoms with Gasteiger partial charge in [0.25, 0.3) is 5.56 Å². The number of aromatic nitrogens is 1. The van der Waals surface area contributed by atoms with Gasteiger partial charge in [-0.1, -0.05) is 84.1 Å². The lowest BCUT2D eigenvalue weighted by Gasteiger charge is -2.22. The van der Waals surface area contributed by atoms with Gasteiger partial charge in [-0.2, -0.15) is 0 Å². The molecule has 1 aliphatic heterocycles. The van der Waals surface area contributed by atoms with Crippen LogP contribution in [0.2, 0.25) is 0 Å². The van der Waals surface area contributed by atoms with Crippen molar-refractivity contribution in [2.24, 2.45) is 10.2 Å². The molecule has 4 aromatic rings. The molecular weight excluding hydrogens is 418 g/mol. The third-order valence-electron chi connectivity index (χ3n) is 5.27. The van der Waals surface area contributed by atoms with Gasteiger partial charge < -0.3 is 4.74 Å². The first-order valence-corrected chi connectivity index (χ1v) is 11.3. The highest BCUT2D eigenvalue weighted by molar-refractivity contribution is 7.07. The maximum atomic E-state index is 13.6. The molecule has 0 spiro atoms. The van der Waals surface area contributed by atoms with Crippen LogP contribution in [0.15, 0.2) is 99.9 Å². The van der Waals surface area contributed by atoms with Crippen LogP contribution in [-0.2, 0) is 0 Å². The summed E-state index contributed by atoms with van der Waals surface area (Å²) < 4.78 is 7.89. The zero-order valence-corrected chi connectivity index (χ0v) is 18.3. The molecule has 2 heterocycles. The van der Waals surface area contributed by atoms with Gasteiger partial charge in [-0.3, -0.25) is 9.36 Å². The first-order valence-electron chi connectivity index (χ1n) is 10.5. The minimum atomic E-state index is -0.336. The second-order valence-corrected chi connectivity index (χ2v) is 8.34. The van der Waals surface area contributed by atoms with Crippen molar-refractivity contribution in [3.8, 4) is 5.75 Å². The minimum absolute atomic E-state index is 0.0696. The molecule has 0 bridgehead atoms. The summed E-state index contributed by atoms with van der Waals surface area (Å²) in [6, 6.07) is 27.3. The number of thiazole rings is 1. The molecular formula is C26H21N3O2S. The largest absolute Gasteiger partial charge is 0.494 e. The fourth-order valence-corrected chi connectivity index (χ4v) is 4.75. The lowest BCUT2D eigenvalue weighted by molar-refractivity contribution is 0.340. The van der Waals surface area contributed by atoms with E-state index in [0.717, 1.165) is 28.2 Å². The van der Waals surface area contributed by atoms with E-state index in [4.69, 9.17) is 4.74 Å². The normalized spacial score (nSPS) is 15.6. The number of hydrogen-bond acceptors (Lipinski definition) is 5. The molecule has 32 heavy (non-hydrogen) atoms. The van der Waals surface area contributed by atoms with Crippen molar-refractivity contribution in [3.05, 3.63) is 121 Å². The van der Waals surface area contributed by atoms with Crippen molar-refractivity contribution >= 4 is 23.1 Å². The Balaban J connectivity index is 1.64. The molecule has 0 radical (unpaired) electrons. The Hall–Kier alpha value is -3.77. The molecule has 0 saturated heterocycles. The van der Waals surface area contributed by atoms with Gasteiger partial charge in [0, 0.05) is 5.56 Å². The van der Waals surface area contributed by atoms with E-state index >= 15 is 0 Å². The van der Waals surface area contributed by atoms with E-state index < -0.39 is 0 Å². The van der Waals surface area contributed by atoms with Gasteiger partial charge in [0.1, 0.15) is 11.8 Å². The summed E-state index contributed by atoms with van der Waals surface area (Å²) in [5, 5.41) is 8.97. The van der Waals surface area contributed by atoms with Crippen LogP contribution in [0.5, 0.6) is 5.75 Å². The summed E-state index contributed by atoms with van der Waals surface area (Å²) in [5.41, 5.74) is 3.58. The average molecular weight is 440 g/mol. The van der Waals surface area contributed by atoms with Crippen LogP contribution in [0.1, 0.15) is 29.7 Å². The topological polar surface area (TPSA) is 56.0 Å². The number of nitrogens with zero attached hydrogens (tertiary/aromatic N) is 3. The maximum absolute atomic E-state index is 13.6. The molecule has 1 unspecified atom stereocenters. The number of fused-ring (bicyclic) bond motifs is 1. The molecule has 0 N–H and O–H groups in total. The van der Waals surface area contributed by atoms with E-state index in [9.17, 15) is 4.79 Å². The Morgan fingerprint density at radius 1 is 0.938 bits per heavy atom. The number of rotatable bonds is 5. The Bertz CT molecular complexity index is 1440. The summed E-state index contributed by atoms with van der Waals surface area (Å²) in [7, 11) is 0. The molecule has 5 nitrogen and oxygen atoms in total. The van der Waals surface area contributed by atoms with Crippen molar-refractivity contribution in [1.82, 2.24) is 4.57 Å². The zero-order valence-electron chi connectivity index (χ0n) is 17.5. The van der Waals surface area contributed by atoms with Gasteiger partial charge >= 0.3 is 0 Å². The second kappa shape index (κ2) is 8.77. The quantitative estimate of drug-likeness (QED) is 0.475. The Morgan fingerprint density at radius 2 is 1.62 bits per heavy atom. The molecule has 5 rings (SSSR count). The van der Waals surface area contributed by atoms with Crippen LogP contribution in [0.4, 0.5) is 0 Å². The highest BCUT2D eigenvalue weighted by Gasteiger charge is 2.28. The van der Waals surface area contributed by atoms with E-state index in [1.165, 1.54) is 11.3 Å². The van der Waals surface area contributed by atoms with Crippen LogP contribution < -0.4 is 19.6 Å². The summed E-state index contributed by atoms with van der Waals surface area (Å²) >= 11 is 1.36. The predicted octanol–water partition coefficient (Wildman–Crippen LogP) is 3.76. The van der Waals surface area contributed by atoms with Crippen LogP contribution in [0.3, 0.4) is 0 Å². The molecule has 0 aliphatic carbocycles. The van der Waals surface area contributed by atoms with Gasteiger partial charge in [0.2, 0.25) is 4.80 Å². The Kier molecular flexibility index (Phi) is 5.52. The van der Waals surface area contributed by atoms with E-state index in [1.54, 1.807) is 4.57 Å². The average Bonchev–Trinajstić information content (AvgIpc) is 3.16. The van der Waals surface area contributed by atoms with Crippen LogP contribution in [0, 0.1) is 0 Å². The summed E-state index contributed by atoms with van der Waals surface area (Å²) in [4.78, 5) is 14.1. The van der Waals surface area contributed by atoms with E-state index in [0.29, 0.717) is 15.9 Å². The van der Waals surface area contributed by atoms with Crippen molar-refractivity contribution in [2.45, 2.75) is 13.0 Å². The number of ether oxygens (including phenoxy) is 1. The van der Waals surface area contributed by atoms with Gasteiger partial charge in [0.05, 0.1) is 16.9 Å². The van der Waals surface area contributed by atoms with Crippen molar-refractivity contribution in [3.63, 3.8) is 0 Å². The van der Waals surface area contributed by atoms with Crippen molar-refractivity contribution in [2.75, 3.05) is 6.61 Å². The molecule has 1 aliphatic rings. The second-order valence-electron chi connectivity index (χ2n) is 7.33. The van der Waals surface area contributed by atoms with Gasteiger partial charge in [0.15, 0.2) is 0 Å². The molecule has 1 aromatic heterocycles. The van der Waals surface area contributed by atoms with Crippen LogP contribution in [-0.4, -0.2) is 16.9 Å². The minimum Gasteiger partial charge on any atom is -0.494 e. The smallest absolute Gasteiger partial charge is 0.271 e. The molecule has 1 atom stereocenters. The lowest BCUT2D eigenvalue weighted by Crippen LogP contribution is -2.40. The van der Waals surface area contributed by atoms with Crippen molar-refractivity contribution in [1.29, 1.82) is 0 Å². The van der Waals surface area contributed by atoms with Gasteiger partial charge in [-0.05, 0) is 36.3 Å². The third kappa shape index (κ3) is 3.81. The predicted molar refractivity (Wildman–Crippen MR) is 128 cm³/mol. The molecule has 158 valence electrons. The summed E-state index contributed by atoms with van der Waals surface area (Å²) in [5.74, 6) is 0.812. The van der Waals surface area contributed by atoms with Crippen molar-refractivity contribution < 1.29 is 4.74 Å². The fourth-order valence-electron chi connectivity index (χ4n) is 3.80. The molecule has 0 saturated carbocycles. The molecule has 6 heteroatoms. The molecule has 0 fully saturated rings. The standard InChI is InChI=1S/C26H21N3O2S/c1-2-31-21-15-13-18(14-16-21)17-22-25(30)29-24(20-11-7-4-8-12-20)23(27-28-26(29)32-22)19-9-5-3-6-10-19/h3-17,24H,2H2,1H3/b22-17+. The Morgan fingerprint density at radius 3 is 2.31 bits per heavy atom. The SMILES string of the molecule is CCOc1ccc(/C=c2/sc3n(c2=O)C(c2ccccc2)C(c2ccccc2)=NN=3)cc1. The number of hydrogen-bond donors (Lipinski definition) is 0. The first-order chi connectivity index (χ1) is 15.7. The zero-order chi connectivity index (χ0) is 21.9. The van der Waals surface area contributed by atoms with Crippen LogP contribution in [0.25, 0.3) is 6.08 Å². The van der Waals surface area contributed by atoms with Crippen LogP contribution >= 0.6 is 11.3 Å². The van der Waals surface area contributed by atoms with E-state index in [-0.39, 0.29) is 11.6 Å². The lowest BCUT2D eigenvalue weighted by atomic mass is 9.96. The molecule has 3 aromatic carbocycles. The first kappa shape index (κ1) is 20.2. The summed E-state index contributed by atoms with van der Waals surface area (Å²) in [6.07, 6.45) is 1.90. The third-order valence-corrected chi connectivity index (χ3v) is 6.24. The highest BCUT2D eigenvalue weighted by Crippen LogP contribution is 2.24. The maximum Gasteiger partial charge on any atom is 0.271 e. The summed E-state index contributed by atoms with van der Waals surface area (Å²) in [6.45, 7) is 2.57.